The van der Waals surface area contributed by atoms with E-state index in [0.29, 0.717) is 19.6 Å². The number of nitrogens with one attached hydrogen (secondary N) is 1. The number of primary amides is 1. The minimum atomic E-state index is -0.826. The quantitative estimate of drug-likeness (QED) is 0.606. The summed E-state index contributed by atoms with van der Waals surface area (Å²) < 4.78 is 11.3. The van der Waals surface area contributed by atoms with Crippen LogP contribution in [0.2, 0.25) is 0 Å². The van der Waals surface area contributed by atoms with Crippen LogP contribution in [-0.2, 0) is 15.1 Å². The van der Waals surface area contributed by atoms with Crippen molar-refractivity contribution < 1.29 is 14.3 Å². The van der Waals surface area contributed by atoms with E-state index in [1.807, 2.05) is 44.2 Å². The lowest BCUT2D eigenvalue weighted by Gasteiger charge is -2.32. The smallest absolute Gasteiger partial charge is 0.314 e. The van der Waals surface area contributed by atoms with Gasteiger partial charge in [0, 0.05) is 13.0 Å². The number of epoxide rings is 1. The zero-order valence-electron chi connectivity index (χ0n) is 11.3. The van der Waals surface area contributed by atoms with Crippen LogP contribution in [0.3, 0.4) is 0 Å². The summed E-state index contributed by atoms with van der Waals surface area (Å²) in [5, 5.41) is 2.66. The molecule has 0 radical (unpaired) electrons. The first kappa shape index (κ1) is 13.8. The number of carbonyl (C=O) groups is 1. The number of ether oxygens (including phenoxy) is 2. The summed E-state index contributed by atoms with van der Waals surface area (Å²) in [5.74, 6) is 0. The number of benzene rings is 1. The van der Waals surface area contributed by atoms with Crippen LogP contribution in [-0.4, -0.2) is 25.0 Å². The maximum atomic E-state index is 11.1. The molecule has 3 N–H and O–H groups in total. The van der Waals surface area contributed by atoms with E-state index in [4.69, 9.17) is 15.2 Å². The first-order chi connectivity index (χ1) is 9.00. The zero-order chi connectivity index (χ0) is 13.9. The predicted molar refractivity (Wildman–Crippen MR) is 71.4 cm³/mol. The normalized spacial score (nSPS) is 24.5. The average molecular weight is 264 g/mol. The Labute approximate surface area is 113 Å². The molecule has 104 valence electrons. The number of carbonyl (C=O) groups excluding carboxylic acids is 1. The lowest BCUT2D eigenvalue weighted by molar-refractivity contribution is -0.0616. The highest BCUT2D eigenvalue weighted by Gasteiger charge is 2.51. The molecule has 5 heteroatoms. The summed E-state index contributed by atoms with van der Waals surface area (Å²) in [6.07, 6.45) is 0.529. The summed E-state index contributed by atoms with van der Waals surface area (Å²) in [6.45, 7) is 4.80. The van der Waals surface area contributed by atoms with Crippen LogP contribution in [0.25, 0.3) is 0 Å². The lowest BCUT2D eigenvalue weighted by atomic mass is 9.91. The fourth-order valence-electron chi connectivity index (χ4n) is 2.46. The molecule has 0 spiro atoms. The minimum absolute atomic E-state index is 0.381. The van der Waals surface area contributed by atoms with Crippen LogP contribution in [0, 0.1) is 0 Å². The van der Waals surface area contributed by atoms with Crippen molar-refractivity contribution in [2.45, 2.75) is 31.6 Å². The highest BCUT2D eigenvalue weighted by Crippen LogP contribution is 2.45. The molecule has 2 unspecified atom stereocenters. The van der Waals surface area contributed by atoms with Crippen molar-refractivity contribution in [3.8, 4) is 0 Å². The molecule has 5 nitrogen and oxygen atoms in total. The van der Waals surface area contributed by atoms with Crippen molar-refractivity contribution in [3.05, 3.63) is 35.9 Å². The molecule has 1 heterocycles. The molecule has 1 aromatic rings. The summed E-state index contributed by atoms with van der Waals surface area (Å²) in [7, 11) is 0. The molecule has 0 aliphatic carbocycles. The van der Waals surface area contributed by atoms with Gasteiger partial charge in [0.2, 0.25) is 0 Å². The molecule has 1 aromatic carbocycles. The van der Waals surface area contributed by atoms with Crippen LogP contribution in [0.15, 0.2) is 30.3 Å². The van der Waals surface area contributed by atoms with Crippen LogP contribution in [0.5, 0.6) is 0 Å². The Morgan fingerprint density at radius 2 is 2.16 bits per heavy atom. The second-order valence-corrected chi connectivity index (χ2v) is 4.98. The number of urea groups is 1. The van der Waals surface area contributed by atoms with Crippen molar-refractivity contribution in [2.75, 3.05) is 13.2 Å². The van der Waals surface area contributed by atoms with Crippen molar-refractivity contribution in [3.63, 3.8) is 0 Å². The van der Waals surface area contributed by atoms with Crippen LogP contribution in [0.1, 0.15) is 25.8 Å². The van der Waals surface area contributed by atoms with Crippen LogP contribution < -0.4 is 11.1 Å². The highest BCUT2D eigenvalue weighted by molar-refractivity contribution is 5.72. The summed E-state index contributed by atoms with van der Waals surface area (Å²) in [5.41, 5.74) is 5.10. The Kier molecular flexibility index (Phi) is 3.78. The number of nitrogens with two attached hydrogens (primary N) is 1. The Bertz CT molecular complexity index is 445. The van der Waals surface area contributed by atoms with E-state index in [2.05, 4.69) is 5.32 Å². The molecule has 0 saturated carbocycles. The Morgan fingerprint density at radius 3 is 2.63 bits per heavy atom. The molecule has 0 aromatic heterocycles. The van der Waals surface area contributed by atoms with Gasteiger partial charge in [0.1, 0.15) is 11.3 Å². The molecule has 1 aliphatic rings. The van der Waals surface area contributed by atoms with Crippen molar-refractivity contribution in [2.24, 2.45) is 5.73 Å². The summed E-state index contributed by atoms with van der Waals surface area (Å²) in [6, 6.07) is 9.34. The lowest BCUT2D eigenvalue weighted by Crippen LogP contribution is -2.52. The largest absolute Gasteiger partial charge is 0.364 e. The third-order valence-corrected chi connectivity index (χ3v) is 3.27. The van der Waals surface area contributed by atoms with Gasteiger partial charge in [-0.2, -0.15) is 0 Å². The van der Waals surface area contributed by atoms with Crippen molar-refractivity contribution in [1.82, 2.24) is 5.32 Å². The molecule has 1 fully saturated rings. The SMILES string of the molecule is CCOC(C)(CC1(c2ccccc2)CO1)NC(N)=O. The van der Waals surface area contributed by atoms with Crippen molar-refractivity contribution in [1.29, 1.82) is 0 Å². The topological polar surface area (TPSA) is 76.9 Å². The van der Waals surface area contributed by atoms with Gasteiger partial charge in [-0.05, 0) is 19.4 Å². The Morgan fingerprint density at radius 1 is 1.53 bits per heavy atom. The Hall–Kier alpha value is -1.59. The molecule has 19 heavy (non-hydrogen) atoms. The van der Waals surface area contributed by atoms with E-state index in [1.54, 1.807) is 0 Å². The first-order valence-electron chi connectivity index (χ1n) is 6.41. The third-order valence-electron chi connectivity index (χ3n) is 3.27. The van der Waals surface area contributed by atoms with Gasteiger partial charge < -0.3 is 20.5 Å². The fourth-order valence-corrected chi connectivity index (χ4v) is 2.46. The van der Waals surface area contributed by atoms with Gasteiger partial charge >= 0.3 is 6.03 Å². The molecule has 1 saturated heterocycles. The van der Waals surface area contributed by atoms with E-state index in [0.717, 1.165) is 5.56 Å². The van der Waals surface area contributed by atoms with E-state index in [1.165, 1.54) is 0 Å². The maximum Gasteiger partial charge on any atom is 0.314 e. The second-order valence-electron chi connectivity index (χ2n) is 4.98. The standard InChI is InChI=1S/C14H20N2O3/c1-3-18-13(2,16-12(15)17)9-14(10-19-14)11-7-5-4-6-8-11/h4-8H,3,9-10H2,1-2H3,(H3,15,16,17). The van der Waals surface area contributed by atoms with E-state index in [9.17, 15) is 4.79 Å². The second kappa shape index (κ2) is 5.19. The van der Waals surface area contributed by atoms with Gasteiger partial charge in [-0.25, -0.2) is 4.79 Å². The summed E-state index contributed by atoms with van der Waals surface area (Å²) in [4.78, 5) is 11.1. The molecule has 1 aliphatic heterocycles. The van der Waals surface area contributed by atoms with Gasteiger partial charge in [0.25, 0.3) is 0 Å². The van der Waals surface area contributed by atoms with Gasteiger partial charge in [-0.1, -0.05) is 30.3 Å². The zero-order valence-corrected chi connectivity index (χ0v) is 11.3. The van der Waals surface area contributed by atoms with Gasteiger partial charge in [-0.15, -0.1) is 0 Å². The number of hydrogen-bond acceptors (Lipinski definition) is 3. The fraction of sp³-hybridized carbons (Fsp3) is 0.500. The Balaban J connectivity index is 2.15. The molecular weight excluding hydrogens is 244 g/mol. The number of rotatable bonds is 6. The van der Waals surface area contributed by atoms with Gasteiger partial charge in [0.15, 0.2) is 0 Å². The van der Waals surface area contributed by atoms with Gasteiger partial charge in [0.05, 0.1) is 6.61 Å². The average Bonchev–Trinajstić information content (AvgIpc) is 3.10. The van der Waals surface area contributed by atoms with Gasteiger partial charge in [-0.3, -0.25) is 0 Å². The minimum Gasteiger partial charge on any atom is -0.364 e. The van der Waals surface area contributed by atoms with E-state index in [-0.39, 0.29) is 5.60 Å². The molecular formula is C14H20N2O3. The number of hydrogen-bond donors (Lipinski definition) is 2. The van der Waals surface area contributed by atoms with E-state index < -0.39 is 11.8 Å². The molecule has 0 bridgehead atoms. The van der Waals surface area contributed by atoms with E-state index >= 15 is 0 Å². The predicted octanol–water partition coefficient (Wildman–Crippen LogP) is 1.72. The van der Waals surface area contributed by atoms with Crippen molar-refractivity contribution >= 4 is 6.03 Å². The highest BCUT2D eigenvalue weighted by atomic mass is 16.6. The number of amides is 2. The molecule has 2 amide bonds. The van der Waals surface area contributed by atoms with Crippen LogP contribution in [0.4, 0.5) is 4.79 Å². The van der Waals surface area contributed by atoms with Crippen LogP contribution >= 0.6 is 0 Å². The molecule has 2 atom stereocenters. The maximum absolute atomic E-state index is 11.1. The first-order valence-corrected chi connectivity index (χ1v) is 6.41. The molecule has 2 rings (SSSR count). The monoisotopic (exact) mass is 264 g/mol. The summed E-state index contributed by atoms with van der Waals surface area (Å²) >= 11 is 0. The third kappa shape index (κ3) is 3.24.